The molecule has 22 heavy (non-hydrogen) atoms. The Morgan fingerprint density at radius 2 is 2.09 bits per heavy atom. The first-order valence-corrected chi connectivity index (χ1v) is 6.60. The molecule has 5 heteroatoms. The molecule has 1 aromatic heterocycles. The maximum Gasteiger partial charge on any atom is 0.148 e. The zero-order valence-electron chi connectivity index (χ0n) is 11.6. The van der Waals surface area contributed by atoms with Crippen molar-refractivity contribution in [1.29, 1.82) is 0 Å². The number of terminal acetylenes is 1. The van der Waals surface area contributed by atoms with Gasteiger partial charge in [-0.15, -0.1) is 6.42 Å². The van der Waals surface area contributed by atoms with Gasteiger partial charge < -0.3 is 10.1 Å². The Morgan fingerprint density at radius 1 is 1.18 bits per heavy atom. The first-order valence-electron chi connectivity index (χ1n) is 6.60. The van der Waals surface area contributed by atoms with E-state index >= 15 is 0 Å². The molecule has 0 saturated carbocycles. The van der Waals surface area contributed by atoms with Crippen molar-refractivity contribution < 1.29 is 9.13 Å². The summed E-state index contributed by atoms with van der Waals surface area (Å²) in [4.78, 5) is 8.42. The molecular formula is C17H12FN3O. The largest absolute Gasteiger partial charge is 0.481 e. The molecule has 0 bridgehead atoms. The van der Waals surface area contributed by atoms with Crippen molar-refractivity contribution in [2.45, 2.75) is 0 Å². The van der Waals surface area contributed by atoms with Gasteiger partial charge in [-0.1, -0.05) is 12.0 Å². The van der Waals surface area contributed by atoms with Crippen molar-refractivity contribution in [3.05, 3.63) is 54.6 Å². The summed E-state index contributed by atoms with van der Waals surface area (Å²) in [7, 11) is 0. The first kappa shape index (κ1) is 13.8. The van der Waals surface area contributed by atoms with E-state index in [-0.39, 0.29) is 12.4 Å². The lowest BCUT2D eigenvalue weighted by Crippen LogP contribution is -1.97. The zero-order chi connectivity index (χ0) is 15.4. The second kappa shape index (κ2) is 6.10. The molecule has 0 radical (unpaired) electrons. The quantitative estimate of drug-likeness (QED) is 0.748. The molecule has 3 aromatic rings. The minimum atomic E-state index is -0.312. The summed E-state index contributed by atoms with van der Waals surface area (Å²) < 4.78 is 18.6. The van der Waals surface area contributed by atoms with E-state index in [0.717, 1.165) is 5.39 Å². The van der Waals surface area contributed by atoms with E-state index in [1.807, 2.05) is 6.07 Å². The van der Waals surface area contributed by atoms with Gasteiger partial charge in [0.25, 0.3) is 0 Å². The van der Waals surface area contributed by atoms with Gasteiger partial charge in [-0.2, -0.15) is 0 Å². The predicted octanol–water partition coefficient (Wildman–Crippen LogP) is 3.52. The van der Waals surface area contributed by atoms with Gasteiger partial charge in [0.2, 0.25) is 0 Å². The van der Waals surface area contributed by atoms with Crippen molar-refractivity contribution in [3.63, 3.8) is 0 Å². The summed E-state index contributed by atoms with van der Waals surface area (Å²) >= 11 is 0. The maximum atomic E-state index is 13.2. The van der Waals surface area contributed by atoms with Gasteiger partial charge >= 0.3 is 0 Å². The van der Waals surface area contributed by atoms with Crippen LogP contribution in [-0.2, 0) is 0 Å². The van der Waals surface area contributed by atoms with Gasteiger partial charge in [-0.25, -0.2) is 14.4 Å². The van der Waals surface area contributed by atoms with Crippen LogP contribution >= 0.6 is 0 Å². The van der Waals surface area contributed by atoms with E-state index < -0.39 is 0 Å². The Balaban J connectivity index is 1.95. The molecule has 1 N–H and O–H groups in total. The van der Waals surface area contributed by atoms with Gasteiger partial charge in [0, 0.05) is 17.1 Å². The summed E-state index contributed by atoms with van der Waals surface area (Å²) in [5.74, 6) is 3.34. The Labute approximate surface area is 127 Å². The number of anilines is 2. The van der Waals surface area contributed by atoms with E-state index in [1.165, 1.54) is 18.5 Å². The maximum absolute atomic E-state index is 13.2. The van der Waals surface area contributed by atoms with Crippen molar-refractivity contribution >= 4 is 22.4 Å². The third-order valence-corrected chi connectivity index (χ3v) is 3.02. The second-order valence-corrected chi connectivity index (χ2v) is 4.53. The Morgan fingerprint density at radius 3 is 2.91 bits per heavy atom. The molecule has 0 atom stereocenters. The van der Waals surface area contributed by atoms with E-state index in [0.29, 0.717) is 22.8 Å². The number of benzene rings is 2. The molecule has 0 spiro atoms. The highest BCUT2D eigenvalue weighted by Gasteiger charge is 2.06. The summed E-state index contributed by atoms with van der Waals surface area (Å²) in [5, 5.41) is 3.89. The van der Waals surface area contributed by atoms with Crippen LogP contribution in [0.3, 0.4) is 0 Å². The average molecular weight is 293 g/mol. The molecule has 0 unspecified atom stereocenters. The molecular weight excluding hydrogens is 281 g/mol. The van der Waals surface area contributed by atoms with Crippen molar-refractivity contribution in [2.75, 3.05) is 11.9 Å². The first-order chi connectivity index (χ1) is 10.8. The van der Waals surface area contributed by atoms with E-state index in [9.17, 15) is 4.39 Å². The molecule has 108 valence electrons. The fraction of sp³-hybridized carbons (Fsp3) is 0.0588. The molecule has 4 nitrogen and oxygen atoms in total. The van der Waals surface area contributed by atoms with E-state index in [2.05, 4.69) is 21.2 Å². The van der Waals surface area contributed by atoms with Crippen LogP contribution in [0.25, 0.3) is 10.9 Å². The average Bonchev–Trinajstić information content (AvgIpc) is 2.53. The lowest BCUT2D eigenvalue weighted by Gasteiger charge is -2.09. The summed E-state index contributed by atoms with van der Waals surface area (Å²) in [6.45, 7) is 0.199. The molecule has 1 heterocycles. The normalized spacial score (nSPS) is 10.2. The molecule has 0 amide bonds. The monoisotopic (exact) mass is 293 g/mol. The molecule has 2 aromatic carbocycles. The molecule has 0 saturated heterocycles. The third kappa shape index (κ3) is 2.96. The highest BCUT2D eigenvalue weighted by atomic mass is 19.1. The van der Waals surface area contributed by atoms with Crippen molar-refractivity contribution in [3.8, 4) is 18.1 Å². The predicted molar refractivity (Wildman–Crippen MR) is 83.5 cm³/mol. The van der Waals surface area contributed by atoms with Crippen LogP contribution in [0.1, 0.15) is 0 Å². The fourth-order valence-electron chi connectivity index (χ4n) is 2.05. The van der Waals surface area contributed by atoms with Gasteiger partial charge in [-0.3, -0.25) is 0 Å². The number of nitrogens with zero attached hydrogens (tertiary/aromatic N) is 2. The van der Waals surface area contributed by atoms with Gasteiger partial charge in [0.05, 0.1) is 5.52 Å². The highest BCUT2D eigenvalue weighted by Crippen LogP contribution is 2.26. The summed E-state index contributed by atoms with van der Waals surface area (Å²) in [6, 6.07) is 11.6. The summed E-state index contributed by atoms with van der Waals surface area (Å²) in [5.41, 5.74) is 1.33. The van der Waals surface area contributed by atoms with Crippen LogP contribution < -0.4 is 10.1 Å². The number of halogens is 1. The second-order valence-electron chi connectivity index (χ2n) is 4.53. The standard InChI is InChI=1S/C17H12FN3O/c1-2-8-22-14-6-7-15-16(10-14)19-11-20-17(15)21-13-5-3-4-12(18)9-13/h1,3-7,9-11H,8H2,(H,19,20,21). The van der Waals surface area contributed by atoms with Crippen LogP contribution in [0.15, 0.2) is 48.8 Å². The molecule has 0 aliphatic carbocycles. The van der Waals surface area contributed by atoms with E-state index in [4.69, 9.17) is 11.2 Å². The molecule has 3 rings (SSSR count). The topological polar surface area (TPSA) is 47.0 Å². The number of rotatable bonds is 4. The number of ether oxygens (including phenoxy) is 1. The van der Waals surface area contributed by atoms with Crippen LogP contribution in [0.5, 0.6) is 5.75 Å². The smallest absolute Gasteiger partial charge is 0.148 e. The number of fused-ring (bicyclic) bond motifs is 1. The number of nitrogens with one attached hydrogen (secondary N) is 1. The van der Waals surface area contributed by atoms with E-state index in [1.54, 1.807) is 24.3 Å². The Kier molecular flexibility index (Phi) is 3.84. The fourth-order valence-corrected chi connectivity index (χ4v) is 2.05. The minimum absolute atomic E-state index is 0.199. The van der Waals surface area contributed by atoms with Gasteiger partial charge in [0.15, 0.2) is 0 Å². The lowest BCUT2D eigenvalue weighted by molar-refractivity contribution is 0.371. The minimum Gasteiger partial charge on any atom is -0.481 e. The van der Waals surface area contributed by atoms with Gasteiger partial charge in [0.1, 0.15) is 30.3 Å². The molecule has 0 aliphatic rings. The SMILES string of the molecule is C#CCOc1ccc2c(Nc3cccc(F)c3)ncnc2c1. The molecule has 0 fully saturated rings. The Hall–Kier alpha value is -3.13. The third-order valence-electron chi connectivity index (χ3n) is 3.02. The number of hydrogen-bond acceptors (Lipinski definition) is 4. The van der Waals surface area contributed by atoms with Crippen LogP contribution in [0, 0.1) is 18.2 Å². The number of aromatic nitrogens is 2. The van der Waals surface area contributed by atoms with Crippen LogP contribution in [0.2, 0.25) is 0 Å². The zero-order valence-corrected chi connectivity index (χ0v) is 11.6. The molecule has 0 aliphatic heterocycles. The van der Waals surface area contributed by atoms with Crippen molar-refractivity contribution in [1.82, 2.24) is 9.97 Å². The lowest BCUT2D eigenvalue weighted by atomic mass is 10.2. The van der Waals surface area contributed by atoms with Crippen LogP contribution in [0.4, 0.5) is 15.9 Å². The summed E-state index contributed by atoms with van der Waals surface area (Å²) in [6.07, 6.45) is 6.61. The van der Waals surface area contributed by atoms with Gasteiger partial charge in [-0.05, 0) is 30.3 Å². The van der Waals surface area contributed by atoms with Crippen LogP contribution in [-0.4, -0.2) is 16.6 Å². The Bertz CT molecular complexity index is 858. The number of hydrogen-bond donors (Lipinski definition) is 1. The van der Waals surface area contributed by atoms with Crippen molar-refractivity contribution in [2.24, 2.45) is 0 Å². The highest BCUT2D eigenvalue weighted by molar-refractivity contribution is 5.91.